The van der Waals surface area contributed by atoms with Gasteiger partial charge in [-0.3, -0.25) is 9.59 Å². The van der Waals surface area contributed by atoms with Gasteiger partial charge in [-0.1, -0.05) is 18.6 Å². The number of benzene rings is 2. The highest BCUT2D eigenvalue weighted by Gasteiger charge is 2.37. The van der Waals surface area contributed by atoms with Crippen LogP contribution < -0.4 is 10.2 Å². The van der Waals surface area contributed by atoms with E-state index in [0.717, 1.165) is 44.5 Å². The third kappa shape index (κ3) is 3.87. The molecule has 1 saturated heterocycles. The molecule has 2 aromatic carbocycles. The number of nitrogens with zero attached hydrogens (tertiary/aromatic N) is 2. The van der Waals surface area contributed by atoms with Crippen molar-refractivity contribution < 1.29 is 19.1 Å². The number of carbonyl (C=O) groups excluding carboxylic acids is 3. The van der Waals surface area contributed by atoms with Crippen LogP contribution in [0.3, 0.4) is 0 Å². The van der Waals surface area contributed by atoms with Gasteiger partial charge in [0.15, 0.2) is 0 Å². The minimum atomic E-state index is -0.516. The Morgan fingerprint density at radius 1 is 1.13 bits per heavy atom. The SMILES string of the molecule is CCN1c2cc(C(=O)Nc3ccccc3C(=O)OC)ccc2C(=O)N2CCCCCC21. The molecule has 162 valence electrons. The van der Waals surface area contributed by atoms with Crippen LogP contribution in [0.1, 0.15) is 63.7 Å². The molecule has 1 atom stereocenters. The fourth-order valence-corrected chi connectivity index (χ4v) is 4.51. The van der Waals surface area contributed by atoms with Gasteiger partial charge in [0.05, 0.1) is 29.6 Å². The first kappa shape index (κ1) is 20.9. The highest BCUT2D eigenvalue weighted by Crippen LogP contribution is 2.35. The number of hydrogen-bond acceptors (Lipinski definition) is 5. The van der Waals surface area contributed by atoms with Gasteiger partial charge >= 0.3 is 5.97 Å². The Morgan fingerprint density at radius 2 is 1.94 bits per heavy atom. The van der Waals surface area contributed by atoms with Crippen molar-refractivity contribution in [3.05, 3.63) is 59.2 Å². The summed E-state index contributed by atoms with van der Waals surface area (Å²) in [6.07, 6.45) is 4.20. The van der Waals surface area contributed by atoms with Crippen LogP contribution in [-0.2, 0) is 4.74 Å². The van der Waals surface area contributed by atoms with E-state index in [4.69, 9.17) is 4.74 Å². The number of amides is 2. The van der Waals surface area contributed by atoms with Crippen LogP contribution in [-0.4, -0.2) is 49.0 Å². The van der Waals surface area contributed by atoms with E-state index in [0.29, 0.717) is 16.8 Å². The Hall–Kier alpha value is -3.35. The molecule has 2 aromatic rings. The normalized spacial score (nSPS) is 18.0. The molecule has 31 heavy (non-hydrogen) atoms. The molecule has 2 aliphatic rings. The monoisotopic (exact) mass is 421 g/mol. The molecule has 2 aliphatic heterocycles. The standard InChI is InChI=1S/C24H27N3O4/c1-3-26-20-15-16(22(28)25-19-10-7-6-9-17(19)24(30)31-2)12-13-18(20)23(29)27-14-8-4-5-11-21(26)27/h6-7,9-10,12-13,15,21H,3-5,8,11,14H2,1-2H3,(H,25,28). The molecule has 7 heteroatoms. The van der Waals surface area contributed by atoms with Crippen molar-refractivity contribution in [3.63, 3.8) is 0 Å². The maximum absolute atomic E-state index is 13.1. The van der Waals surface area contributed by atoms with E-state index in [1.54, 1.807) is 42.5 Å². The van der Waals surface area contributed by atoms with E-state index >= 15 is 0 Å². The van der Waals surface area contributed by atoms with Crippen LogP contribution in [0.25, 0.3) is 0 Å². The molecule has 0 bridgehead atoms. The lowest BCUT2D eigenvalue weighted by Crippen LogP contribution is -2.55. The largest absolute Gasteiger partial charge is 0.465 e. The van der Waals surface area contributed by atoms with Crippen molar-refractivity contribution in [1.82, 2.24) is 4.90 Å². The average molecular weight is 421 g/mol. The number of para-hydroxylation sites is 1. The summed E-state index contributed by atoms with van der Waals surface area (Å²) < 4.78 is 4.80. The van der Waals surface area contributed by atoms with Crippen molar-refractivity contribution in [1.29, 1.82) is 0 Å². The van der Waals surface area contributed by atoms with Crippen molar-refractivity contribution in [2.75, 3.05) is 30.4 Å². The van der Waals surface area contributed by atoms with Gasteiger partial charge in [0.1, 0.15) is 6.17 Å². The fourth-order valence-electron chi connectivity index (χ4n) is 4.51. The summed E-state index contributed by atoms with van der Waals surface area (Å²) in [5, 5.41) is 2.81. The molecule has 0 radical (unpaired) electrons. The van der Waals surface area contributed by atoms with E-state index in [2.05, 4.69) is 17.1 Å². The fraction of sp³-hybridized carbons (Fsp3) is 0.375. The Kier molecular flexibility index (Phi) is 5.93. The molecule has 1 unspecified atom stereocenters. The lowest BCUT2D eigenvalue weighted by molar-refractivity contribution is 0.0600. The predicted octanol–water partition coefficient (Wildman–Crippen LogP) is 3.91. The first-order valence-corrected chi connectivity index (χ1v) is 10.8. The number of methoxy groups -OCH3 is 1. The lowest BCUT2D eigenvalue weighted by Gasteiger charge is -2.44. The summed E-state index contributed by atoms with van der Waals surface area (Å²) in [7, 11) is 1.30. The summed E-state index contributed by atoms with van der Waals surface area (Å²) >= 11 is 0. The van der Waals surface area contributed by atoms with Gasteiger partial charge in [-0.2, -0.15) is 0 Å². The van der Waals surface area contributed by atoms with Gasteiger partial charge in [0.2, 0.25) is 0 Å². The number of esters is 1. The third-order valence-electron chi connectivity index (χ3n) is 6.06. The second-order valence-electron chi connectivity index (χ2n) is 7.84. The van der Waals surface area contributed by atoms with Gasteiger partial charge in [0, 0.05) is 18.7 Å². The zero-order chi connectivity index (χ0) is 22.0. The summed E-state index contributed by atoms with van der Waals surface area (Å²) in [6, 6.07) is 11.9. The highest BCUT2D eigenvalue weighted by atomic mass is 16.5. The molecule has 2 heterocycles. The zero-order valence-corrected chi connectivity index (χ0v) is 17.9. The van der Waals surface area contributed by atoms with Gasteiger partial charge in [-0.15, -0.1) is 0 Å². The molecule has 1 fully saturated rings. The number of hydrogen-bond donors (Lipinski definition) is 1. The van der Waals surface area contributed by atoms with Crippen molar-refractivity contribution in [2.45, 2.75) is 38.8 Å². The Bertz CT molecular complexity index is 1020. The van der Waals surface area contributed by atoms with E-state index in [9.17, 15) is 14.4 Å². The van der Waals surface area contributed by atoms with Crippen LogP contribution in [0.4, 0.5) is 11.4 Å². The van der Waals surface area contributed by atoms with Crippen molar-refractivity contribution in [2.24, 2.45) is 0 Å². The zero-order valence-electron chi connectivity index (χ0n) is 17.9. The second-order valence-corrected chi connectivity index (χ2v) is 7.84. The molecule has 0 aromatic heterocycles. The molecule has 7 nitrogen and oxygen atoms in total. The van der Waals surface area contributed by atoms with Crippen LogP contribution in [0.5, 0.6) is 0 Å². The minimum absolute atomic E-state index is 0.0332. The second kappa shape index (κ2) is 8.79. The predicted molar refractivity (Wildman–Crippen MR) is 118 cm³/mol. The molecule has 4 rings (SSSR count). The summed E-state index contributed by atoms with van der Waals surface area (Å²) in [6.45, 7) is 3.59. The molecule has 0 spiro atoms. The Balaban J connectivity index is 1.66. The summed E-state index contributed by atoms with van der Waals surface area (Å²) in [4.78, 5) is 42.3. The molecule has 0 aliphatic carbocycles. The highest BCUT2D eigenvalue weighted by molar-refractivity contribution is 6.10. The maximum Gasteiger partial charge on any atom is 0.339 e. The first-order valence-electron chi connectivity index (χ1n) is 10.8. The van der Waals surface area contributed by atoms with Crippen molar-refractivity contribution in [3.8, 4) is 0 Å². The molecule has 0 saturated carbocycles. The average Bonchev–Trinajstić information content (AvgIpc) is 3.05. The number of anilines is 2. The number of fused-ring (bicyclic) bond motifs is 2. The molecule has 1 N–H and O–H groups in total. The smallest absolute Gasteiger partial charge is 0.339 e. The Morgan fingerprint density at radius 3 is 2.71 bits per heavy atom. The van der Waals surface area contributed by atoms with E-state index < -0.39 is 5.97 Å². The number of rotatable bonds is 4. The van der Waals surface area contributed by atoms with Crippen LogP contribution in [0, 0.1) is 0 Å². The maximum atomic E-state index is 13.1. The molecular formula is C24H27N3O4. The molecular weight excluding hydrogens is 394 g/mol. The lowest BCUT2D eigenvalue weighted by atomic mass is 10.0. The number of ether oxygens (including phenoxy) is 1. The van der Waals surface area contributed by atoms with Crippen LogP contribution in [0.15, 0.2) is 42.5 Å². The molecule has 2 amide bonds. The summed E-state index contributed by atoms with van der Waals surface area (Å²) in [5.74, 6) is -0.821. The van der Waals surface area contributed by atoms with Gasteiger partial charge < -0.3 is 19.9 Å². The Labute approximate surface area is 182 Å². The van der Waals surface area contributed by atoms with E-state index in [1.165, 1.54) is 7.11 Å². The van der Waals surface area contributed by atoms with E-state index in [-0.39, 0.29) is 23.5 Å². The van der Waals surface area contributed by atoms with Crippen LogP contribution in [0.2, 0.25) is 0 Å². The van der Waals surface area contributed by atoms with Crippen LogP contribution >= 0.6 is 0 Å². The number of nitrogens with one attached hydrogen (secondary N) is 1. The third-order valence-corrected chi connectivity index (χ3v) is 6.06. The van der Waals surface area contributed by atoms with Crippen molar-refractivity contribution >= 4 is 29.2 Å². The van der Waals surface area contributed by atoms with Gasteiger partial charge in [0.25, 0.3) is 11.8 Å². The van der Waals surface area contributed by atoms with E-state index in [1.807, 2.05) is 4.90 Å². The van der Waals surface area contributed by atoms with Gasteiger partial charge in [-0.25, -0.2) is 4.79 Å². The first-order chi connectivity index (χ1) is 15.0. The van der Waals surface area contributed by atoms with Gasteiger partial charge in [-0.05, 0) is 56.5 Å². The topological polar surface area (TPSA) is 79.0 Å². The summed E-state index contributed by atoms with van der Waals surface area (Å²) in [5.41, 5.74) is 2.54. The number of carbonyl (C=O) groups is 3. The quantitative estimate of drug-likeness (QED) is 0.758. The minimum Gasteiger partial charge on any atom is -0.465 e.